The van der Waals surface area contributed by atoms with Crippen LogP contribution in [0.4, 0.5) is 4.39 Å². The Bertz CT molecular complexity index is 682. The lowest BCUT2D eigenvalue weighted by Crippen LogP contribution is -2.39. The minimum absolute atomic E-state index is 0.0558. The summed E-state index contributed by atoms with van der Waals surface area (Å²) < 4.78 is 14.4. The summed E-state index contributed by atoms with van der Waals surface area (Å²) in [4.78, 5) is 12.0. The number of aliphatic hydroxyl groups is 1. The van der Waals surface area contributed by atoms with E-state index in [9.17, 15) is 14.3 Å². The fourth-order valence-electron chi connectivity index (χ4n) is 2.43. The van der Waals surface area contributed by atoms with Crippen molar-refractivity contribution < 1.29 is 14.3 Å². The van der Waals surface area contributed by atoms with Gasteiger partial charge in [0.15, 0.2) is 0 Å². The Morgan fingerprint density at radius 2 is 2.13 bits per heavy atom. The first-order chi connectivity index (χ1) is 11.0. The maximum atomic E-state index is 12.9. The summed E-state index contributed by atoms with van der Waals surface area (Å²) in [6, 6.07) is 5.06. The SMILES string of the molecule is CC(NC(=O)Cn1cc(C2CC2)nn1)C(O)c1ccc(F)cc1. The standard InChI is InChI=1S/C16H19FN4O2/c1-10(16(23)12-4-6-13(17)7-5-12)18-15(22)9-21-8-14(19-20-21)11-2-3-11/h4-8,10-11,16,23H,2-3,9H2,1H3,(H,18,22). The summed E-state index contributed by atoms with van der Waals surface area (Å²) in [7, 11) is 0. The molecule has 0 bridgehead atoms. The number of aliphatic hydroxyl groups excluding tert-OH is 1. The predicted molar refractivity (Wildman–Crippen MR) is 81.0 cm³/mol. The van der Waals surface area contributed by atoms with Gasteiger partial charge in [0.2, 0.25) is 5.91 Å². The number of amides is 1. The monoisotopic (exact) mass is 318 g/mol. The Morgan fingerprint density at radius 1 is 1.43 bits per heavy atom. The molecule has 0 spiro atoms. The third-order valence-corrected chi connectivity index (χ3v) is 3.93. The smallest absolute Gasteiger partial charge is 0.242 e. The van der Waals surface area contributed by atoms with Gasteiger partial charge >= 0.3 is 0 Å². The van der Waals surface area contributed by atoms with Gasteiger partial charge in [0.25, 0.3) is 0 Å². The van der Waals surface area contributed by atoms with Crippen LogP contribution < -0.4 is 5.32 Å². The number of rotatable bonds is 6. The number of nitrogens with zero attached hydrogens (tertiary/aromatic N) is 3. The molecule has 1 aromatic carbocycles. The molecule has 2 N–H and O–H groups in total. The number of halogens is 1. The van der Waals surface area contributed by atoms with Crippen molar-refractivity contribution >= 4 is 5.91 Å². The van der Waals surface area contributed by atoms with Crippen molar-refractivity contribution in [3.05, 3.63) is 47.5 Å². The third-order valence-electron chi connectivity index (χ3n) is 3.93. The van der Waals surface area contributed by atoms with Crippen LogP contribution >= 0.6 is 0 Å². The molecule has 1 fully saturated rings. The van der Waals surface area contributed by atoms with E-state index in [4.69, 9.17) is 0 Å². The van der Waals surface area contributed by atoms with Gasteiger partial charge in [0, 0.05) is 12.1 Å². The van der Waals surface area contributed by atoms with Crippen LogP contribution in [-0.4, -0.2) is 32.0 Å². The second-order valence-corrected chi connectivity index (χ2v) is 5.97. The van der Waals surface area contributed by atoms with E-state index >= 15 is 0 Å². The number of carbonyl (C=O) groups excluding carboxylic acids is 1. The zero-order valence-electron chi connectivity index (χ0n) is 12.8. The molecule has 1 saturated carbocycles. The lowest BCUT2D eigenvalue weighted by molar-refractivity contribution is -0.123. The maximum absolute atomic E-state index is 12.9. The molecule has 7 heteroatoms. The van der Waals surface area contributed by atoms with Gasteiger partial charge in [-0.2, -0.15) is 0 Å². The molecule has 2 atom stereocenters. The van der Waals surface area contributed by atoms with Crippen molar-refractivity contribution in [1.82, 2.24) is 20.3 Å². The van der Waals surface area contributed by atoms with E-state index in [2.05, 4.69) is 15.6 Å². The Kier molecular flexibility index (Phi) is 4.38. The van der Waals surface area contributed by atoms with Crippen LogP contribution in [-0.2, 0) is 11.3 Å². The third kappa shape index (κ3) is 3.92. The van der Waals surface area contributed by atoms with Crippen LogP contribution in [0.3, 0.4) is 0 Å². The topological polar surface area (TPSA) is 80.0 Å². The molecule has 1 aromatic heterocycles. The maximum Gasteiger partial charge on any atom is 0.242 e. The fraction of sp³-hybridized carbons (Fsp3) is 0.438. The van der Waals surface area contributed by atoms with Gasteiger partial charge in [-0.25, -0.2) is 9.07 Å². The molecule has 0 aliphatic heterocycles. The molecular formula is C16H19FN4O2. The molecule has 1 amide bonds. The first kappa shape index (κ1) is 15.6. The lowest BCUT2D eigenvalue weighted by Gasteiger charge is -2.20. The van der Waals surface area contributed by atoms with Crippen molar-refractivity contribution in [3.63, 3.8) is 0 Å². The molecule has 1 aliphatic rings. The highest BCUT2D eigenvalue weighted by atomic mass is 19.1. The van der Waals surface area contributed by atoms with Gasteiger partial charge in [0.05, 0.1) is 17.8 Å². The highest BCUT2D eigenvalue weighted by molar-refractivity contribution is 5.76. The normalized spacial score (nSPS) is 16.8. The second-order valence-electron chi connectivity index (χ2n) is 5.97. The first-order valence-electron chi connectivity index (χ1n) is 7.66. The summed E-state index contributed by atoms with van der Waals surface area (Å²) in [5.41, 5.74) is 1.48. The molecule has 6 nitrogen and oxygen atoms in total. The van der Waals surface area contributed by atoms with Gasteiger partial charge in [-0.3, -0.25) is 4.79 Å². The highest BCUT2D eigenvalue weighted by Gasteiger charge is 2.27. The molecule has 0 radical (unpaired) electrons. The highest BCUT2D eigenvalue weighted by Crippen LogP contribution is 2.38. The van der Waals surface area contributed by atoms with Gasteiger partial charge in [-0.1, -0.05) is 17.3 Å². The summed E-state index contributed by atoms with van der Waals surface area (Å²) in [5, 5.41) is 20.9. The van der Waals surface area contributed by atoms with Crippen molar-refractivity contribution in [1.29, 1.82) is 0 Å². The zero-order chi connectivity index (χ0) is 16.4. The average Bonchev–Trinajstić information content (AvgIpc) is 3.27. The van der Waals surface area contributed by atoms with Crippen LogP contribution in [0.2, 0.25) is 0 Å². The molecule has 2 unspecified atom stereocenters. The molecule has 1 heterocycles. The molecule has 1 aliphatic carbocycles. The first-order valence-corrected chi connectivity index (χ1v) is 7.66. The number of aromatic nitrogens is 3. The molecular weight excluding hydrogens is 299 g/mol. The Labute approximate surface area is 133 Å². The van der Waals surface area contributed by atoms with E-state index < -0.39 is 12.1 Å². The summed E-state index contributed by atoms with van der Waals surface area (Å²) in [5.74, 6) is -0.132. The van der Waals surface area contributed by atoms with Crippen molar-refractivity contribution in [3.8, 4) is 0 Å². The fourth-order valence-corrected chi connectivity index (χ4v) is 2.43. The second kappa shape index (κ2) is 6.45. The van der Waals surface area contributed by atoms with Gasteiger partial charge in [0.1, 0.15) is 12.4 Å². The number of nitrogens with one attached hydrogen (secondary N) is 1. The molecule has 3 rings (SSSR count). The van der Waals surface area contributed by atoms with Crippen LogP contribution in [0.5, 0.6) is 0 Å². The Hall–Kier alpha value is -2.28. The van der Waals surface area contributed by atoms with E-state index in [1.807, 2.05) is 0 Å². The number of hydrogen-bond acceptors (Lipinski definition) is 4. The predicted octanol–water partition coefficient (Wildman–Crippen LogP) is 1.53. The summed E-state index contributed by atoms with van der Waals surface area (Å²) in [6.45, 7) is 1.75. The van der Waals surface area contributed by atoms with Crippen LogP contribution in [0.15, 0.2) is 30.5 Å². The van der Waals surface area contributed by atoms with E-state index in [-0.39, 0.29) is 18.3 Å². The minimum atomic E-state index is -0.905. The van der Waals surface area contributed by atoms with Gasteiger partial charge in [-0.15, -0.1) is 5.10 Å². The van der Waals surface area contributed by atoms with Gasteiger partial charge < -0.3 is 10.4 Å². The Balaban J connectivity index is 1.54. The Morgan fingerprint density at radius 3 is 2.78 bits per heavy atom. The van der Waals surface area contributed by atoms with Crippen LogP contribution in [0.1, 0.15) is 43.0 Å². The lowest BCUT2D eigenvalue weighted by atomic mass is 10.0. The molecule has 0 saturated heterocycles. The zero-order valence-corrected chi connectivity index (χ0v) is 12.8. The molecule has 2 aromatic rings. The largest absolute Gasteiger partial charge is 0.386 e. The average molecular weight is 318 g/mol. The number of carbonyl (C=O) groups is 1. The van der Waals surface area contributed by atoms with Crippen molar-refractivity contribution in [2.45, 2.75) is 44.4 Å². The van der Waals surface area contributed by atoms with Crippen molar-refractivity contribution in [2.24, 2.45) is 0 Å². The van der Waals surface area contributed by atoms with E-state index in [0.717, 1.165) is 18.5 Å². The summed E-state index contributed by atoms with van der Waals surface area (Å²) >= 11 is 0. The van der Waals surface area contributed by atoms with Crippen LogP contribution in [0, 0.1) is 5.82 Å². The molecule has 122 valence electrons. The molecule has 23 heavy (non-hydrogen) atoms. The van der Waals surface area contributed by atoms with E-state index in [1.165, 1.54) is 28.9 Å². The van der Waals surface area contributed by atoms with E-state index in [0.29, 0.717) is 11.5 Å². The number of hydrogen-bond donors (Lipinski definition) is 2. The number of benzene rings is 1. The quantitative estimate of drug-likeness (QED) is 0.846. The van der Waals surface area contributed by atoms with Crippen molar-refractivity contribution in [2.75, 3.05) is 0 Å². The van der Waals surface area contributed by atoms with Crippen LogP contribution in [0.25, 0.3) is 0 Å². The summed E-state index contributed by atoms with van der Waals surface area (Å²) in [6.07, 6.45) is 3.15. The minimum Gasteiger partial charge on any atom is -0.386 e. The van der Waals surface area contributed by atoms with E-state index in [1.54, 1.807) is 13.1 Å². The van der Waals surface area contributed by atoms with Gasteiger partial charge in [-0.05, 0) is 37.5 Å².